The monoisotopic (exact) mass is 241 g/mol. The van der Waals surface area contributed by atoms with Gasteiger partial charge in [0.2, 0.25) is 5.89 Å². The van der Waals surface area contributed by atoms with E-state index in [9.17, 15) is 0 Å². The predicted octanol–water partition coefficient (Wildman–Crippen LogP) is 3.08. The third kappa shape index (κ3) is 2.51. The second-order valence-electron chi connectivity index (χ2n) is 4.24. The number of aromatic nitrogens is 1. The van der Waals surface area contributed by atoms with E-state index >= 15 is 0 Å². The van der Waals surface area contributed by atoms with E-state index in [1.165, 1.54) is 0 Å². The second kappa shape index (κ2) is 4.92. The maximum absolute atomic E-state index is 8.87. The van der Waals surface area contributed by atoms with E-state index in [1.54, 1.807) is 6.07 Å². The second-order valence-corrected chi connectivity index (χ2v) is 4.24. The molecular weight excluding hydrogens is 226 g/mol. The molecule has 0 bridgehead atoms. The summed E-state index contributed by atoms with van der Waals surface area (Å²) in [6, 6.07) is 7.69. The van der Waals surface area contributed by atoms with E-state index < -0.39 is 0 Å². The standard InChI is InChI=1S/C14H15N3O/c1-9-4-5-12(7-15)6-13(9)16-8-14-17-10(2)11(3)18-14/h4-6,16H,8H2,1-3H3. The molecule has 0 saturated carbocycles. The fraction of sp³-hybridized carbons (Fsp3) is 0.286. The fourth-order valence-electron chi connectivity index (χ4n) is 1.67. The summed E-state index contributed by atoms with van der Waals surface area (Å²) >= 11 is 0. The first-order chi connectivity index (χ1) is 8.60. The Morgan fingerprint density at radius 1 is 1.33 bits per heavy atom. The van der Waals surface area contributed by atoms with E-state index in [-0.39, 0.29) is 0 Å². The third-order valence-electron chi connectivity index (χ3n) is 2.87. The number of rotatable bonds is 3. The lowest BCUT2D eigenvalue weighted by Crippen LogP contribution is -2.01. The number of nitriles is 1. The molecule has 1 aromatic carbocycles. The first-order valence-corrected chi connectivity index (χ1v) is 5.77. The normalized spacial score (nSPS) is 10.1. The van der Waals surface area contributed by atoms with Gasteiger partial charge in [-0.1, -0.05) is 6.07 Å². The lowest BCUT2D eigenvalue weighted by atomic mass is 10.1. The SMILES string of the molecule is Cc1ccc(C#N)cc1NCc1nc(C)c(C)o1. The highest BCUT2D eigenvalue weighted by Gasteiger charge is 2.06. The Bertz CT molecular complexity index is 588. The minimum absolute atomic E-state index is 0.518. The molecule has 0 atom stereocenters. The van der Waals surface area contributed by atoms with Crippen LogP contribution >= 0.6 is 0 Å². The molecule has 0 aliphatic rings. The van der Waals surface area contributed by atoms with Crippen LogP contribution in [0.2, 0.25) is 0 Å². The molecule has 1 heterocycles. The van der Waals surface area contributed by atoms with Gasteiger partial charge in [-0.15, -0.1) is 0 Å². The Hall–Kier alpha value is -2.28. The Balaban J connectivity index is 2.13. The number of nitrogens with one attached hydrogen (secondary N) is 1. The zero-order valence-corrected chi connectivity index (χ0v) is 10.7. The quantitative estimate of drug-likeness (QED) is 0.897. The third-order valence-corrected chi connectivity index (χ3v) is 2.87. The average Bonchev–Trinajstić information content (AvgIpc) is 2.68. The molecule has 0 radical (unpaired) electrons. The van der Waals surface area contributed by atoms with Gasteiger partial charge in [-0.05, 0) is 38.5 Å². The van der Waals surface area contributed by atoms with E-state index in [1.807, 2.05) is 32.9 Å². The molecule has 0 saturated heterocycles. The summed E-state index contributed by atoms with van der Waals surface area (Å²) in [4.78, 5) is 4.30. The molecule has 0 fully saturated rings. The van der Waals surface area contributed by atoms with Gasteiger partial charge in [0.15, 0.2) is 0 Å². The van der Waals surface area contributed by atoms with Crippen molar-refractivity contribution in [2.45, 2.75) is 27.3 Å². The molecule has 0 spiro atoms. The molecule has 1 N–H and O–H groups in total. The van der Waals surface area contributed by atoms with Crippen LogP contribution in [0.25, 0.3) is 0 Å². The Morgan fingerprint density at radius 2 is 2.11 bits per heavy atom. The highest BCUT2D eigenvalue weighted by atomic mass is 16.4. The Morgan fingerprint density at radius 3 is 2.72 bits per heavy atom. The van der Waals surface area contributed by atoms with Crippen molar-refractivity contribution in [3.8, 4) is 6.07 Å². The maximum Gasteiger partial charge on any atom is 0.213 e. The van der Waals surface area contributed by atoms with E-state index in [0.717, 1.165) is 22.7 Å². The van der Waals surface area contributed by atoms with Crippen LogP contribution in [0.4, 0.5) is 5.69 Å². The lowest BCUT2D eigenvalue weighted by Gasteiger charge is -2.07. The summed E-state index contributed by atoms with van der Waals surface area (Å²) in [6.07, 6.45) is 0. The highest BCUT2D eigenvalue weighted by Crippen LogP contribution is 2.18. The van der Waals surface area contributed by atoms with Crippen LogP contribution in [-0.4, -0.2) is 4.98 Å². The van der Waals surface area contributed by atoms with Crippen molar-refractivity contribution in [2.24, 2.45) is 0 Å². The molecule has 0 unspecified atom stereocenters. The highest BCUT2D eigenvalue weighted by molar-refractivity contribution is 5.55. The molecule has 4 heteroatoms. The van der Waals surface area contributed by atoms with Gasteiger partial charge in [0.05, 0.1) is 23.9 Å². The van der Waals surface area contributed by atoms with Gasteiger partial charge < -0.3 is 9.73 Å². The number of hydrogen-bond acceptors (Lipinski definition) is 4. The zero-order valence-electron chi connectivity index (χ0n) is 10.7. The molecule has 4 nitrogen and oxygen atoms in total. The van der Waals surface area contributed by atoms with Gasteiger partial charge in [-0.25, -0.2) is 4.98 Å². The van der Waals surface area contributed by atoms with Crippen LogP contribution in [-0.2, 0) is 6.54 Å². The number of benzene rings is 1. The first-order valence-electron chi connectivity index (χ1n) is 5.77. The number of hydrogen-bond donors (Lipinski definition) is 1. The topological polar surface area (TPSA) is 61.9 Å². The van der Waals surface area contributed by atoms with E-state index in [0.29, 0.717) is 18.0 Å². The van der Waals surface area contributed by atoms with Gasteiger partial charge in [0.25, 0.3) is 0 Å². The Labute approximate surface area is 106 Å². The van der Waals surface area contributed by atoms with Gasteiger partial charge in [-0.3, -0.25) is 0 Å². The van der Waals surface area contributed by atoms with Crippen LogP contribution in [0.3, 0.4) is 0 Å². The summed E-state index contributed by atoms with van der Waals surface area (Å²) < 4.78 is 5.49. The fourth-order valence-corrected chi connectivity index (χ4v) is 1.67. The summed E-state index contributed by atoms with van der Waals surface area (Å²) in [6.45, 7) is 6.33. The molecule has 0 aliphatic carbocycles. The van der Waals surface area contributed by atoms with E-state index in [2.05, 4.69) is 16.4 Å². The zero-order chi connectivity index (χ0) is 13.1. The van der Waals surface area contributed by atoms with Crippen LogP contribution in [0, 0.1) is 32.1 Å². The van der Waals surface area contributed by atoms with Crippen molar-refractivity contribution in [3.05, 3.63) is 46.7 Å². The van der Waals surface area contributed by atoms with Crippen LogP contribution in [0.1, 0.15) is 28.5 Å². The van der Waals surface area contributed by atoms with Crippen LogP contribution < -0.4 is 5.32 Å². The van der Waals surface area contributed by atoms with Gasteiger partial charge >= 0.3 is 0 Å². The number of aryl methyl sites for hydroxylation is 3. The van der Waals surface area contributed by atoms with Gasteiger partial charge in [0.1, 0.15) is 5.76 Å². The molecule has 0 amide bonds. The number of anilines is 1. The van der Waals surface area contributed by atoms with Crippen molar-refractivity contribution in [3.63, 3.8) is 0 Å². The minimum atomic E-state index is 0.518. The number of nitrogens with zero attached hydrogens (tertiary/aromatic N) is 2. The molecule has 92 valence electrons. The van der Waals surface area contributed by atoms with Crippen LogP contribution in [0.15, 0.2) is 22.6 Å². The smallest absolute Gasteiger partial charge is 0.213 e. The summed E-state index contributed by atoms with van der Waals surface area (Å²) in [5.41, 5.74) is 3.58. The average molecular weight is 241 g/mol. The van der Waals surface area contributed by atoms with Crippen molar-refractivity contribution in [2.75, 3.05) is 5.32 Å². The molecule has 2 aromatic rings. The maximum atomic E-state index is 8.87. The van der Waals surface area contributed by atoms with Gasteiger partial charge in [-0.2, -0.15) is 5.26 Å². The largest absolute Gasteiger partial charge is 0.444 e. The van der Waals surface area contributed by atoms with Crippen molar-refractivity contribution in [1.29, 1.82) is 5.26 Å². The first kappa shape index (κ1) is 12.2. The Kier molecular flexibility index (Phi) is 3.33. The van der Waals surface area contributed by atoms with Crippen molar-refractivity contribution < 1.29 is 4.42 Å². The summed E-state index contributed by atoms with van der Waals surface area (Å²) in [7, 11) is 0. The van der Waals surface area contributed by atoms with Crippen LogP contribution in [0.5, 0.6) is 0 Å². The molecule has 0 aliphatic heterocycles. The van der Waals surface area contributed by atoms with Crippen molar-refractivity contribution >= 4 is 5.69 Å². The summed E-state index contributed by atoms with van der Waals surface area (Å²) in [5, 5.41) is 12.1. The molecule has 1 aromatic heterocycles. The van der Waals surface area contributed by atoms with Gasteiger partial charge in [0, 0.05) is 5.69 Å². The summed E-state index contributed by atoms with van der Waals surface area (Å²) in [5.74, 6) is 1.50. The van der Waals surface area contributed by atoms with Crippen molar-refractivity contribution in [1.82, 2.24) is 4.98 Å². The molecule has 18 heavy (non-hydrogen) atoms. The predicted molar refractivity (Wildman–Crippen MR) is 69.2 cm³/mol. The van der Waals surface area contributed by atoms with E-state index in [4.69, 9.17) is 9.68 Å². The number of oxazole rings is 1. The lowest BCUT2D eigenvalue weighted by molar-refractivity contribution is 0.478. The molecular formula is C14H15N3O. The minimum Gasteiger partial charge on any atom is -0.444 e. The molecule has 2 rings (SSSR count).